The van der Waals surface area contributed by atoms with Crippen LogP contribution in [0.5, 0.6) is 0 Å². The van der Waals surface area contributed by atoms with Crippen molar-refractivity contribution >= 4 is 23.6 Å². The molecule has 6 rings (SSSR count). The SMILES string of the molecule is CC(C)C1=C2C3CCC4C(C)(CCC5C(C)C(OC(=O)CC(C)(C)C(=O)O)CCC54C)C3CCC2(CCNC(=O)c2ccccc2)CC1=O. The molecule has 0 spiro atoms. The highest BCUT2D eigenvalue weighted by molar-refractivity contribution is 6.00. The van der Waals surface area contributed by atoms with Gasteiger partial charge in [0, 0.05) is 23.9 Å². The summed E-state index contributed by atoms with van der Waals surface area (Å²) < 4.78 is 6.04. The maximum Gasteiger partial charge on any atom is 0.309 e. The van der Waals surface area contributed by atoms with E-state index >= 15 is 0 Å². The van der Waals surface area contributed by atoms with Crippen LogP contribution in [0.2, 0.25) is 0 Å². The number of Topliss-reactive ketones (excluding diaryl/α,β-unsaturated/α-hetero) is 1. The van der Waals surface area contributed by atoms with Crippen molar-refractivity contribution < 1.29 is 29.0 Å². The van der Waals surface area contributed by atoms with E-state index in [1.165, 1.54) is 5.57 Å². The van der Waals surface area contributed by atoms with Crippen LogP contribution in [-0.4, -0.2) is 41.4 Å². The monoisotopic (exact) mass is 673 g/mol. The van der Waals surface area contributed by atoms with Gasteiger partial charge in [-0.25, -0.2) is 0 Å². The summed E-state index contributed by atoms with van der Waals surface area (Å²) in [6.07, 6.45) is 9.61. The number of amides is 1. The van der Waals surface area contributed by atoms with E-state index in [0.29, 0.717) is 48.0 Å². The molecule has 49 heavy (non-hydrogen) atoms. The first-order valence-corrected chi connectivity index (χ1v) is 19.1. The first kappa shape index (κ1) is 35.9. The maximum absolute atomic E-state index is 13.8. The summed E-state index contributed by atoms with van der Waals surface area (Å²) in [7, 11) is 0. The number of allylic oxidation sites excluding steroid dienone is 2. The van der Waals surface area contributed by atoms with Gasteiger partial charge in [0.2, 0.25) is 0 Å². The second-order valence-electron chi connectivity index (χ2n) is 18.1. The highest BCUT2D eigenvalue weighted by Gasteiger charge is 2.65. The second-order valence-corrected chi connectivity index (χ2v) is 18.1. The molecule has 4 fully saturated rings. The van der Waals surface area contributed by atoms with Gasteiger partial charge in [-0.3, -0.25) is 19.2 Å². The normalized spacial score (nSPS) is 37.1. The van der Waals surface area contributed by atoms with Crippen molar-refractivity contribution in [3.05, 3.63) is 47.0 Å². The summed E-state index contributed by atoms with van der Waals surface area (Å²) in [4.78, 5) is 51.3. The molecule has 1 aromatic carbocycles. The zero-order valence-corrected chi connectivity index (χ0v) is 30.9. The lowest BCUT2D eigenvalue weighted by Gasteiger charge is -2.67. The molecule has 7 nitrogen and oxygen atoms in total. The molecule has 0 saturated heterocycles. The minimum Gasteiger partial charge on any atom is -0.481 e. The van der Waals surface area contributed by atoms with Crippen molar-refractivity contribution in [2.24, 2.45) is 57.2 Å². The Balaban J connectivity index is 1.20. The van der Waals surface area contributed by atoms with Gasteiger partial charge in [0.25, 0.3) is 5.91 Å². The molecule has 1 amide bonds. The van der Waals surface area contributed by atoms with Gasteiger partial charge in [-0.05, 0) is 136 Å². The van der Waals surface area contributed by atoms with Gasteiger partial charge >= 0.3 is 11.9 Å². The molecule has 1 aromatic rings. The summed E-state index contributed by atoms with van der Waals surface area (Å²) in [5, 5.41) is 12.7. The van der Waals surface area contributed by atoms with Gasteiger partial charge in [0.1, 0.15) is 6.10 Å². The zero-order valence-electron chi connectivity index (χ0n) is 30.9. The average Bonchev–Trinajstić information content (AvgIpc) is 3.34. The van der Waals surface area contributed by atoms with Crippen molar-refractivity contribution in [3.8, 4) is 0 Å². The van der Waals surface area contributed by atoms with Crippen LogP contribution in [0.25, 0.3) is 0 Å². The summed E-state index contributed by atoms with van der Waals surface area (Å²) in [5.41, 5.74) is 2.25. The molecule has 2 N–H and O–H groups in total. The third kappa shape index (κ3) is 6.09. The first-order chi connectivity index (χ1) is 23.0. The number of carboxylic acids is 1. The molecule has 5 aliphatic rings. The van der Waals surface area contributed by atoms with Crippen LogP contribution in [0.4, 0.5) is 0 Å². The number of fused-ring (bicyclic) bond motifs is 7. The fourth-order valence-corrected chi connectivity index (χ4v) is 12.2. The van der Waals surface area contributed by atoms with Crippen LogP contribution in [0.15, 0.2) is 41.5 Å². The van der Waals surface area contributed by atoms with Gasteiger partial charge in [-0.2, -0.15) is 0 Å². The molecule has 0 aliphatic heterocycles. The fourth-order valence-electron chi connectivity index (χ4n) is 12.2. The Bertz CT molecular complexity index is 1510. The van der Waals surface area contributed by atoms with E-state index in [4.69, 9.17) is 4.74 Å². The number of rotatable bonds is 9. The quantitative estimate of drug-likeness (QED) is 0.255. The van der Waals surface area contributed by atoms with Gasteiger partial charge in [-0.1, -0.05) is 58.4 Å². The van der Waals surface area contributed by atoms with E-state index in [-0.39, 0.29) is 46.5 Å². The number of aliphatic carboxylic acids is 1. The molecular formula is C42H59NO6. The van der Waals surface area contributed by atoms with Crippen LogP contribution in [0, 0.1) is 57.2 Å². The van der Waals surface area contributed by atoms with Crippen LogP contribution in [0.3, 0.4) is 0 Å². The highest BCUT2D eigenvalue weighted by Crippen LogP contribution is 2.72. The molecule has 0 heterocycles. The molecule has 0 bridgehead atoms. The number of carboxylic acid groups (broad SMARTS) is 1. The number of ether oxygens (including phenoxy) is 1. The molecule has 5 aliphatic carbocycles. The van der Waals surface area contributed by atoms with Crippen molar-refractivity contribution in [2.45, 2.75) is 125 Å². The molecule has 9 atom stereocenters. The van der Waals surface area contributed by atoms with E-state index in [9.17, 15) is 24.3 Å². The number of benzene rings is 1. The predicted octanol–water partition coefficient (Wildman–Crippen LogP) is 8.42. The smallest absolute Gasteiger partial charge is 0.309 e. The molecule has 4 saturated carbocycles. The van der Waals surface area contributed by atoms with E-state index in [0.717, 1.165) is 63.4 Å². The van der Waals surface area contributed by atoms with Crippen molar-refractivity contribution in [2.75, 3.05) is 6.54 Å². The number of esters is 1. The van der Waals surface area contributed by atoms with E-state index in [1.54, 1.807) is 13.8 Å². The van der Waals surface area contributed by atoms with Crippen molar-refractivity contribution in [1.29, 1.82) is 0 Å². The Labute approximate surface area is 293 Å². The van der Waals surface area contributed by atoms with Gasteiger partial charge in [0.05, 0.1) is 11.8 Å². The lowest BCUT2D eigenvalue weighted by Crippen LogP contribution is -2.60. The van der Waals surface area contributed by atoms with E-state index in [2.05, 4.69) is 39.9 Å². The Morgan fingerprint density at radius 1 is 0.959 bits per heavy atom. The topological polar surface area (TPSA) is 110 Å². The number of nitrogens with one attached hydrogen (secondary N) is 1. The van der Waals surface area contributed by atoms with Crippen molar-refractivity contribution in [1.82, 2.24) is 5.32 Å². The predicted molar refractivity (Wildman–Crippen MR) is 190 cm³/mol. The average molecular weight is 674 g/mol. The second kappa shape index (κ2) is 13.0. The standard InChI is InChI=1S/C42H59NO6/c1-25(2)35-31(44)23-42(21-22-43-37(46)27-11-9-8-10-12-27)20-16-30-28(36(35)42)13-14-33-40(6)19-17-32(26(3)29(40)15-18-41(30,33)7)49-34(45)24-39(4,5)38(47)48/h8-12,25-26,28-30,32-33H,13-24H2,1-7H3,(H,43,46)(H,47,48). The Morgan fingerprint density at radius 2 is 1.61 bits per heavy atom. The summed E-state index contributed by atoms with van der Waals surface area (Å²) in [5.74, 6) is 1.29. The number of ketones is 1. The van der Waals surface area contributed by atoms with E-state index < -0.39 is 17.4 Å². The van der Waals surface area contributed by atoms with Crippen LogP contribution >= 0.6 is 0 Å². The summed E-state index contributed by atoms with van der Waals surface area (Å²) >= 11 is 0. The third-order valence-electron chi connectivity index (χ3n) is 14.6. The lowest BCUT2D eigenvalue weighted by atomic mass is 9.38. The number of hydrogen-bond acceptors (Lipinski definition) is 5. The number of carbonyl (C=O) groups is 4. The maximum atomic E-state index is 13.8. The molecule has 0 aromatic heterocycles. The van der Waals surface area contributed by atoms with Crippen molar-refractivity contribution in [3.63, 3.8) is 0 Å². The third-order valence-corrected chi connectivity index (χ3v) is 14.6. The Morgan fingerprint density at radius 3 is 2.29 bits per heavy atom. The number of carbonyl (C=O) groups excluding carboxylic acids is 3. The molecule has 0 radical (unpaired) electrons. The minimum atomic E-state index is -1.14. The van der Waals surface area contributed by atoms with Gasteiger partial charge in [0.15, 0.2) is 5.78 Å². The molecule has 268 valence electrons. The molecular weight excluding hydrogens is 614 g/mol. The zero-order chi connectivity index (χ0) is 35.5. The van der Waals surface area contributed by atoms with Crippen LogP contribution in [0.1, 0.15) is 129 Å². The summed E-state index contributed by atoms with van der Waals surface area (Å²) in [6, 6.07) is 9.38. The lowest BCUT2D eigenvalue weighted by molar-refractivity contribution is -0.192. The number of hydrogen-bond donors (Lipinski definition) is 2. The molecule has 7 heteroatoms. The van der Waals surface area contributed by atoms with E-state index in [1.807, 2.05) is 30.3 Å². The largest absolute Gasteiger partial charge is 0.481 e. The van der Waals surface area contributed by atoms with Crippen LogP contribution in [-0.2, 0) is 19.1 Å². The fraction of sp³-hybridized carbons (Fsp3) is 0.714. The highest BCUT2D eigenvalue weighted by atomic mass is 16.5. The Kier molecular flexibility index (Phi) is 9.50. The summed E-state index contributed by atoms with van der Waals surface area (Å²) in [6.45, 7) is 15.4. The van der Waals surface area contributed by atoms with Gasteiger partial charge < -0.3 is 15.2 Å². The minimum absolute atomic E-state index is 0.0505. The Hall–Kier alpha value is -2.96. The molecule has 9 unspecified atom stereocenters. The first-order valence-electron chi connectivity index (χ1n) is 19.1. The van der Waals surface area contributed by atoms with Gasteiger partial charge in [-0.15, -0.1) is 0 Å². The van der Waals surface area contributed by atoms with Crippen LogP contribution < -0.4 is 5.32 Å².